The molecule has 0 saturated heterocycles. The number of nitrogen functional groups attached to an aromatic ring is 1. The molecule has 0 aliphatic carbocycles. The first kappa shape index (κ1) is 14.3. The quantitative estimate of drug-likeness (QED) is 0.787. The topological polar surface area (TPSA) is 103 Å². The minimum Gasteiger partial charge on any atom is -0.492 e. The van der Waals surface area contributed by atoms with Crippen LogP contribution in [-0.2, 0) is 6.54 Å². The maximum atomic E-state index is 12.1. The van der Waals surface area contributed by atoms with Crippen LogP contribution in [0.2, 0.25) is 0 Å². The summed E-state index contributed by atoms with van der Waals surface area (Å²) in [5, 5.41) is 7.47. The zero-order chi connectivity index (χ0) is 14.7. The van der Waals surface area contributed by atoms with Gasteiger partial charge in [-0.05, 0) is 0 Å². The number of anilines is 2. The summed E-state index contributed by atoms with van der Waals surface area (Å²) in [4.78, 5) is 16.5. The number of carbonyl (C=O) groups excluding carboxylic acids is 1. The molecule has 20 heavy (non-hydrogen) atoms. The Morgan fingerprint density at radius 2 is 2.35 bits per heavy atom. The fourth-order valence-corrected chi connectivity index (χ4v) is 2.80. The van der Waals surface area contributed by atoms with Crippen LogP contribution in [-0.4, -0.2) is 23.0 Å². The molecule has 108 valence electrons. The van der Waals surface area contributed by atoms with Gasteiger partial charge in [-0.2, -0.15) is 4.98 Å². The zero-order valence-corrected chi connectivity index (χ0v) is 12.3. The molecule has 0 aliphatic heterocycles. The van der Waals surface area contributed by atoms with Gasteiger partial charge in [0.05, 0.1) is 24.2 Å². The van der Waals surface area contributed by atoms with Crippen molar-refractivity contribution in [2.75, 3.05) is 18.2 Å². The lowest BCUT2D eigenvalue weighted by Crippen LogP contribution is -2.07. The molecular formula is C12H16N4O3S. The van der Waals surface area contributed by atoms with E-state index in [2.05, 4.69) is 20.0 Å². The Kier molecular flexibility index (Phi) is 4.23. The van der Waals surface area contributed by atoms with Crippen molar-refractivity contribution in [3.05, 3.63) is 17.1 Å². The van der Waals surface area contributed by atoms with Gasteiger partial charge in [0.2, 0.25) is 6.39 Å². The number of hydrogen-bond donors (Lipinski definition) is 2. The third-order valence-electron chi connectivity index (χ3n) is 2.67. The summed E-state index contributed by atoms with van der Waals surface area (Å²) in [6.45, 7) is 4.03. The number of nitrogens with two attached hydrogens (primary N) is 1. The molecule has 8 heteroatoms. The van der Waals surface area contributed by atoms with Crippen LogP contribution in [0.15, 0.2) is 10.9 Å². The standard InChI is InChI=1S/C12H16N4O3S/c1-6(2)9(17)11-8(13)10(18-3)12(20-11)14-4-7-15-5-19-16-7/h5-6,14H,4,13H2,1-3H3. The highest BCUT2D eigenvalue weighted by Gasteiger charge is 2.23. The summed E-state index contributed by atoms with van der Waals surface area (Å²) in [5.74, 6) is 0.863. The van der Waals surface area contributed by atoms with E-state index in [-0.39, 0.29) is 11.7 Å². The van der Waals surface area contributed by atoms with Crippen molar-refractivity contribution in [3.63, 3.8) is 0 Å². The number of aromatic nitrogens is 2. The van der Waals surface area contributed by atoms with E-state index >= 15 is 0 Å². The second kappa shape index (κ2) is 5.91. The summed E-state index contributed by atoms with van der Waals surface area (Å²) in [6.07, 6.45) is 1.25. The first-order chi connectivity index (χ1) is 9.54. The lowest BCUT2D eigenvalue weighted by Gasteiger charge is -2.04. The van der Waals surface area contributed by atoms with Gasteiger partial charge in [-0.25, -0.2) is 0 Å². The van der Waals surface area contributed by atoms with Crippen molar-refractivity contribution in [1.82, 2.24) is 10.1 Å². The Hall–Kier alpha value is -2.09. The summed E-state index contributed by atoms with van der Waals surface area (Å²) in [6, 6.07) is 0. The van der Waals surface area contributed by atoms with Crippen LogP contribution < -0.4 is 15.8 Å². The smallest absolute Gasteiger partial charge is 0.213 e. The minimum absolute atomic E-state index is 0.00147. The lowest BCUT2D eigenvalue weighted by atomic mass is 10.1. The van der Waals surface area contributed by atoms with Crippen LogP contribution in [0.1, 0.15) is 29.3 Å². The fraction of sp³-hybridized carbons (Fsp3) is 0.417. The third kappa shape index (κ3) is 2.74. The lowest BCUT2D eigenvalue weighted by molar-refractivity contribution is 0.0944. The molecule has 0 spiro atoms. The summed E-state index contributed by atoms with van der Waals surface area (Å²) in [5.41, 5.74) is 6.34. The van der Waals surface area contributed by atoms with Gasteiger partial charge in [0.25, 0.3) is 0 Å². The van der Waals surface area contributed by atoms with Gasteiger partial charge < -0.3 is 20.3 Å². The highest BCUT2D eigenvalue weighted by atomic mass is 32.1. The van der Waals surface area contributed by atoms with Crippen molar-refractivity contribution in [3.8, 4) is 5.75 Å². The number of nitrogens with one attached hydrogen (secondary N) is 1. The number of Topliss-reactive ketones (excluding diaryl/α,β-unsaturated/α-hetero) is 1. The van der Waals surface area contributed by atoms with Crippen LogP contribution in [0.3, 0.4) is 0 Å². The van der Waals surface area contributed by atoms with Gasteiger partial charge in [-0.1, -0.05) is 19.0 Å². The number of nitrogens with zero attached hydrogens (tertiary/aromatic N) is 2. The number of rotatable bonds is 6. The maximum absolute atomic E-state index is 12.1. The Balaban J connectivity index is 2.24. The first-order valence-electron chi connectivity index (χ1n) is 6.04. The molecule has 0 aromatic carbocycles. The molecule has 2 rings (SSSR count). The van der Waals surface area contributed by atoms with Crippen molar-refractivity contribution in [2.45, 2.75) is 20.4 Å². The van der Waals surface area contributed by atoms with E-state index in [0.29, 0.717) is 33.7 Å². The van der Waals surface area contributed by atoms with Crippen molar-refractivity contribution >= 4 is 27.8 Å². The predicted octanol–water partition coefficient (Wildman–Crippen LogP) is 2.17. The molecule has 7 nitrogen and oxygen atoms in total. The molecule has 2 aromatic heterocycles. The van der Waals surface area contributed by atoms with E-state index in [1.54, 1.807) is 0 Å². The Labute approximate surface area is 120 Å². The number of methoxy groups -OCH3 is 1. The van der Waals surface area contributed by atoms with Gasteiger partial charge in [-0.3, -0.25) is 4.79 Å². The van der Waals surface area contributed by atoms with E-state index < -0.39 is 0 Å². The van der Waals surface area contributed by atoms with Crippen LogP contribution >= 0.6 is 11.3 Å². The number of carbonyl (C=O) groups is 1. The maximum Gasteiger partial charge on any atom is 0.213 e. The molecule has 0 unspecified atom stereocenters. The van der Waals surface area contributed by atoms with Gasteiger partial charge in [0.15, 0.2) is 17.4 Å². The van der Waals surface area contributed by atoms with Crippen LogP contribution in [0.5, 0.6) is 5.75 Å². The number of ether oxygens (including phenoxy) is 1. The van der Waals surface area contributed by atoms with Gasteiger partial charge in [0.1, 0.15) is 5.00 Å². The Morgan fingerprint density at radius 1 is 1.60 bits per heavy atom. The largest absolute Gasteiger partial charge is 0.492 e. The van der Waals surface area contributed by atoms with Crippen LogP contribution in [0.25, 0.3) is 0 Å². The van der Waals surface area contributed by atoms with Crippen molar-refractivity contribution in [2.24, 2.45) is 5.92 Å². The summed E-state index contributed by atoms with van der Waals surface area (Å²) < 4.78 is 9.91. The summed E-state index contributed by atoms with van der Waals surface area (Å²) in [7, 11) is 1.52. The summed E-state index contributed by atoms with van der Waals surface area (Å²) >= 11 is 1.27. The van der Waals surface area contributed by atoms with E-state index in [0.717, 1.165) is 0 Å². The molecule has 0 fully saturated rings. The van der Waals surface area contributed by atoms with Crippen LogP contribution in [0.4, 0.5) is 10.7 Å². The number of hydrogen-bond acceptors (Lipinski definition) is 8. The molecule has 0 saturated carbocycles. The molecule has 0 bridgehead atoms. The monoisotopic (exact) mass is 296 g/mol. The second-order valence-corrected chi connectivity index (χ2v) is 5.45. The third-order valence-corrected chi connectivity index (χ3v) is 3.82. The molecule has 2 aromatic rings. The van der Waals surface area contributed by atoms with Gasteiger partial charge in [-0.15, -0.1) is 11.3 Å². The second-order valence-electron chi connectivity index (χ2n) is 4.43. The predicted molar refractivity (Wildman–Crippen MR) is 76.1 cm³/mol. The average Bonchev–Trinajstić information content (AvgIpc) is 3.03. The molecule has 3 N–H and O–H groups in total. The molecule has 0 radical (unpaired) electrons. The van der Waals surface area contributed by atoms with E-state index in [1.807, 2.05) is 13.8 Å². The fourth-order valence-electron chi connectivity index (χ4n) is 1.62. The van der Waals surface area contributed by atoms with Crippen molar-refractivity contribution in [1.29, 1.82) is 0 Å². The highest BCUT2D eigenvalue weighted by Crippen LogP contribution is 2.43. The van der Waals surface area contributed by atoms with Crippen LogP contribution in [0, 0.1) is 5.92 Å². The van der Waals surface area contributed by atoms with Gasteiger partial charge >= 0.3 is 0 Å². The van der Waals surface area contributed by atoms with E-state index in [1.165, 1.54) is 24.8 Å². The minimum atomic E-state index is -0.120. The molecule has 0 amide bonds. The number of thiophene rings is 1. The zero-order valence-electron chi connectivity index (χ0n) is 11.5. The SMILES string of the molecule is COc1c(NCc2ncon2)sc(C(=O)C(C)C)c1N. The van der Waals surface area contributed by atoms with Gasteiger partial charge in [0, 0.05) is 5.92 Å². The molecular weight excluding hydrogens is 280 g/mol. The average molecular weight is 296 g/mol. The number of ketones is 1. The van der Waals surface area contributed by atoms with E-state index in [4.69, 9.17) is 10.5 Å². The normalized spacial score (nSPS) is 10.8. The highest BCUT2D eigenvalue weighted by molar-refractivity contribution is 7.19. The molecule has 0 atom stereocenters. The Bertz CT molecular complexity index is 592. The first-order valence-corrected chi connectivity index (χ1v) is 6.85. The Morgan fingerprint density at radius 3 is 2.90 bits per heavy atom. The molecule has 0 aliphatic rings. The molecule has 2 heterocycles. The van der Waals surface area contributed by atoms with Crippen molar-refractivity contribution < 1.29 is 14.1 Å². The van der Waals surface area contributed by atoms with E-state index in [9.17, 15) is 4.79 Å².